The molecule has 1 atom stereocenters. The highest BCUT2D eigenvalue weighted by atomic mass is 19.1. The van der Waals surface area contributed by atoms with Gasteiger partial charge in [0.25, 0.3) is 5.91 Å². The fourth-order valence-electron chi connectivity index (χ4n) is 1.50. The number of ether oxygens (including phenoxy) is 1. The average Bonchev–Trinajstić information content (AvgIpc) is 2.40. The minimum atomic E-state index is -1.02. The van der Waals surface area contributed by atoms with Crippen molar-refractivity contribution >= 4 is 17.6 Å². The topological polar surface area (TPSA) is 81.4 Å². The van der Waals surface area contributed by atoms with E-state index in [1.54, 1.807) is 0 Å². The van der Waals surface area contributed by atoms with Crippen LogP contribution in [-0.2, 0) is 9.53 Å². The first kappa shape index (κ1) is 16.9. The second-order valence-corrected chi connectivity index (χ2v) is 5.51. The molecule has 0 aromatic heterocycles. The summed E-state index contributed by atoms with van der Waals surface area (Å²) in [6.45, 7) is 7.08. The lowest BCUT2D eigenvalue weighted by Gasteiger charge is -2.26. The van der Waals surface area contributed by atoms with Crippen LogP contribution in [0, 0.1) is 5.82 Å². The number of halogens is 1. The Morgan fingerprint density at radius 1 is 1.43 bits per heavy atom. The maximum absolute atomic E-state index is 13.5. The minimum absolute atomic E-state index is 0.243. The molecule has 0 saturated heterocycles. The predicted octanol–water partition coefficient (Wildman–Crippen LogP) is 2.26. The Balaban J connectivity index is 2.74. The molecule has 0 fully saturated rings. The van der Waals surface area contributed by atoms with Crippen molar-refractivity contribution in [3.63, 3.8) is 0 Å². The molecule has 1 unspecified atom stereocenters. The van der Waals surface area contributed by atoms with Crippen LogP contribution in [0.4, 0.5) is 10.1 Å². The smallest absolute Gasteiger partial charge is 0.341 e. The van der Waals surface area contributed by atoms with E-state index in [0.717, 1.165) is 12.5 Å². The van der Waals surface area contributed by atoms with Gasteiger partial charge >= 0.3 is 5.97 Å². The normalized spacial score (nSPS) is 12.6. The molecule has 116 valence electrons. The molecule has 6 heteroatoms. The molecule has 1 amide bonds. The first-order valence-electron chi connectivity index (χ1n) is 6.74. The fraction of sp³-hybridized carbons (Fsp3) is 0.467. The van der Waals surface area contributed by atoms with E-state index >= 15 is 0 Å². The SMILES string of the molecule is CCC(C)(C)NC(=O)C(C)OC(=O)c1cc(N)ccc1F. The van der Waals surface area contributed by atoms with E-state index in [0.29, 0.717) is 0 Å². The highest BCUT2D eigenvalue weighted by molar-refractivity contribution is 5.93. The van der Waals surface area contributed by atoms with Gasteiger partial charge in [0.05, 0.1) is 5.56 Å². The number of carbonyl (C=O) groups excluding carboxylic acids is 2. The third-order valence-electron chi connectivity index (χ3n) is 3.21. The molecule has 0 spiro atoms. The molecule has 0 aliphatic heterocycles. The molecular weight excluding hydrogens is 275 g/mol. The number of benzene rings is 1. The van der Waals surface area contributed by atoms with Gasteiger partial charge in [0.2, 0.25) is 0 Å². The number of nitrogen functional groups attached to an aromatic ring is 1. The number of amides is 1. The van der Waals surface area contributed by atoms with Crippen LogP contribution in [0.15, 0.2) is 18.2 Å². The third-order valence-corrected chi connectivity index (χ3v) is 3.21. The van der Waals surface area contributed by atoms with Crippen LogP contribution < -0.4 is 11.1 Å². The zero-order chi connectivity index (χ0) is 16.2. The van der Waals surface area contributed by atoms with Crippen LogP contribution in [0.2, 0.25) is 0 Å². The molecule has 0 aliphatic carbocycles. The summed E-state index contributed by atoms with van der Waals surface area (Å²) in [7, 11) is 0. The van der Waals surface area contributed by atoms with Crippen LogP contribution in [0.1, 0.15) is 44.5 Å². The number of nitrogens with two attached hydrogens (primary N) is 1. The molecule has 1 rings (SSSR count). The van der Waals surface area contributed by atoms with E-state index in [4.69, 9.17) is 10.5 Å². The largest absolute Gasteiger partial charge is 0.449 e. The van der Waals surface area contributed by atoms with Gasteiger partial charge in [-0.05, 0) is 45.4 Å². The van der Waals surface area contributed by atoms with Gasteiger partial charge < -0.3 is 15.8 Å². The lowest BCUT2D eigenvalue weighted by Crippen LogP contribution is -2.47. The van der Waals surface area contributed by atoms with E-state index in [-0.39, 0.29) is 11.3 Å². The summed E-state index contributed by atoms with van der Waals surface area (Å²) in [6, 6.07) is 3.60. The molecule has 1 aromatic carbocycles. The highest BCUT2D eigenvalue weighted by Crippen LogP contribution is 2.14. The quantitative estimate of drug-likeness (QED) is 0.645. The molecule has 0 bridgehead atoms. The number of carbonyl (C=O) groups is 2. The minimum Gasteiger partial charge on any atom is -0.449 e. The Morgan fingerprint density at radius 2 is 2.05 bits per heavy atom. The Kier molecular flexibility index (Phi) is 5.29. The average molecular weight is 296 g/mol. The zero-order valence-electron chi connectivity index (χ0n) is 12.7. The van der Waals surface area contributed by atoms with Crippen molar-refractivity contribution in [3.05, 3.63) is 29.6 Å². The summed E-state index contributed by atoms with van der Waals surface area (Å²) in [5.41, 5.74) is 5.06. The van der Waals surface area contributed by atoms with Gasteiger partial charge in [-0.25, -0.2) is 9.18 Å². The number of rotatable bonds is 5. The van der Waals surface area contributed by atoms with E-state index in [1.807, 2.05) is 20.8 Å². The van der Waals surface area contributed by atoms with E-state index < -0.39 is 29.3 Å². The summed E-state index contributed by atoms with van der Waals surface area (Å²) >= 11 is 0. The van der Waals surface area contributed by atoms with Crippen molar-refractivity contribution in [1.29, 1.82) is 0 Å². The van der Waals surface area contributed by atoms with Gasteiger partial charge in [-0.15, -0.1) is 0 Å². The third kappa shape index (κ3) is 4.73. The summed E-state index contributed by atoms with van der Waals surface area (Å²) in [6.07, 6.45) is -0.298. The van der Waals surface area contributed by atoms with Crippen LogP contribution in [0.5, 0.6) is 0 Å². The predicted molar refractivity (Wildman–Crippen MR) is 78.2 cm³/mol. The molecule has 1 aromatic rings. The summed E-state index contributed by atoms with van der Waals surface area (Å²) in [5.74, 6) is -2.09. The summed E-state index contributed by atoms with van der Waals surface area (Å²) in [4.78, 5) is 23.8. The number of esters is 1. The Morgan fingerprint density at radius 3 is 2.62 bits per heavy atom. The molecule has 0 heterocycles. The second-order valence-electron chi connectivity index (χ2n) is 5.51. The standard InChI is InChI=1S/C15H21FN2O3/c1-5-15(3,4)18-13(19)9(2)21-14(20)11-8-10(17)6-7-12(11)16/h6-9H,5,17H2,1-4H3,(H,18,19). The summed E-state index contributed by atoms with van der Waals surface area (Å²) in [5, 5.41) is 2.75. The fourth-order valence-corrected chi connectivity index (χ4v) is 1.50. The molecule has 0 aliphatic rings. The second kappa shape index (κ2) is 6.56. The Hall–Kier alpha value is -2.11. The number of nitrogens with one attached hydrogen (secondary N) is 1. The maximum Gasteiger partial charge on any atom is 0.341 e. The first-order valence-corrected chi connectivity index (χ1v) is 6.74. The number of hydrogen-bond donors (Lipinski definition) is 2. The van der Waals surface area contributed by atoms with Gasteiger partial charge in [0, 0.05) is 11.2 Å². The molecule has 3 N–H and O–H groups in total. The van der Waals surface area contributed by atoms with Crippen molar-refractivity contribution in [2.45, 2.75) is 45.8 Å². The van der Waals surface area contributed by atoms with Gasteiger partial charge in [0.15, 0.2) is 6.10 Å². The lowest BCUT2D eigenvalue weighted by atomic mass is 10.0. The lowest BCUT2D eigenvalue weighted by molar-refractivity contribution is -0.130. The van der Waals surface area contributed by atoms with E-state index in [9.17, 15) is 14.0 Å². The van der Waals surface area contributed by atoms with Crippen molar-refractivity contribution in [2.24, 2.45) is 0 Å². The molecule has 21 heavy (non-hydrogen) atoms. The van der Waals surface area contributed by atoms with Crippen molar-refractivity contribution in [1.82, 2.24) is 5.32 Å². The summed E-state index contributed by atoms with van der Waals surface area (Å²) < 4.78 is 18.5. The molecule has 0 saturated carbocycles. The van der Waals surface area contributed by atoms with Gasteiger partial charge in [0.1, 0.15) is 5.82 Å². The first-order chi connectivity index (χ1) is 9.66. The van der Waals surface area contributed by atoms with Crippen molar-refractivity contribution in [2.75, 3.05) is 5.73 Å². The molecule has 0 radical (unpaired) electrons. The van der Waals surface area contributed by atoms with Crippen molar-refractivity contribution < 1.29 is 18.7 Å². The van der Waals surface area contributed by atoms with Crippen LogP contribution in [0.25, 0.3) is 0 Å². The molecule has 5 nitrogen and oxygen atoms in total. The van der Waals surface area contributed by atoms with E-state index in [2.05, 4.69) is 5.32 Å². The van der Waals surface area contributed by atoms with Crippen LogP contribution in [-0.4, -0.2) is 23.5 Å². The van der Waals surface area contributed by atoms with Gasteiger partial charge in [-0.2, -0.15) is 0 Å². The Bertz CT molecular complexity index is 544. The Labute approximate surface area is 123 Å². The van der Waals surface area contributed by atoms with Crippen molar-refractivity contribution in [3.8, 4) is 0 Å². The van der Waals surface area contributed by atoms with Gasteiger partial charge in [-0.1, -0.05) is 6.92 Å². The zero-order valence-corrected chi connectivity index (χ0v) is 12.7. The number of hydrogen-bond acceptors (Lipinski definition) is 4. The number of anilines is 1. The maximum atomic E-state index is 13.5. The molecular formula is C15H21FN2O3. The van der Waals surface area contributed by atoms with Gasteiger partial charge in [-0.3, -0.25) is 4.79 Å². The highest BCUT2D eigenvalue weighted by Gasteiger charge is 2.25. The van der Waals surface area contributed by atoms with E-state index in [1.165, 1.54) is 19.1 Å². The van der Waals surface area contributed by atoms with Crippen LogP contribution >= 0.6 is 0 Å². The monoisotopic (exact) mass is 296 g/mol. The van der Waals surface area contributed by atoms with Crippen LogP contribution in [0.3, 0.4) is 0 Å².